The van der Waals surface area contributed by atoms with Gasteiger partial charge in [0, 0.05) is 45.3 Å². The zero-order chi connectivity index (χ0) is 48.4. The van der Waals surface area contributed by atoms with Crippen molar-refractivity contribution in [2.75, 3.05) is 9.80 Å². The fourth-order valence-corrected chi connectivity index (χ4v) is 10.7. The van der Waals surface area contributed by atoms with Gasteiger partial charge in [-0.3, -0.25) is 0 Å². The molecular weight excluding hydrogens is 858 g/mol. The van der Waals surface area contributed by atoms with E-state index in [1.807, 2.05) is 0 Å². The lowest BCUT2D eigenvalue weighted by Gasteiger charge is -2.45. The van der Waals surface area contributed by atoms with Crippen LogP contribution in [0.15, 0.2) is 231 Å². The SMILES string of the molecule is CC(C)(C)c1ccc2c(c1)B1c3cc(C(C)(C)C)ccc3N(c3ccc(-c4ccccc4)cc3)c3cc(-c4cc(-c5ccccc5)cc(-c5ccccc5)n4)cc(c31)N2c1ccc(-c2ccccc2)cc1. The molecule has 9 aromatic carbocycles. The van der Waals surface area contributed by atoms with Crippen molar-refractivity contribution in [2.24, 2.45) is 0 Å². The van der Waals surface area contributed by atoms with Gasteiger partial charge in [0.15, 0.2) is 0 Å². The second-order valence-electron chi connectivity index (χ2n) is 21.3. The van der Waals surface area contributed by atoms with Gasteiger partial charge >= 0.3 is 0 Å². The number of nitrogens with zero attached hydrogens (tertiary/aromatic N) is 3. The first-order valence-corrected chi connectivity index (χ1v) is 25.0. The Hall–Kier alpha value is -8.21. The first-order chi connectivity index (χ1) is 34.5. The number of pyridine rings is 1. The van der Waals surface area contributed by atoms with Crippen LogP contribution < -0.4 is 26.2 Å². The summed E-state index contributed by atoms with van der Waals surface area (Å²) < 4.78 is 0. The second kappa shape index (κ2) is 17.3. The lowest BCUT2D eigenvalue weighted by atomic mass is 9.33. The fraction of sp³-hybridized carbons (Fsp3) is 0.119. The van der Waals surface area contributed by atoms with Gasteiger partial charge in [-0.2, -0.15) is 0 Å². The molecule has 0 aliphatic carbocycles. The van der Waals surface area contributed by atoms with E-state index >= 15 is 0 Å². The number of fused-ring (bicyclic) bond motifs is 4. The third kappa shape index (κ3) is 8.04. The van der Waals surface area contributed by atoms with Gasteiger partial charge in [0.1, 0.15) is 0 Å². The molecule has 2 aliphatic heterocycles. The maximum atomic E-state index is 5.58. The molecule has 0 spiro atoms. The predicted octanol–water partition coefficient (Wildman–Crippen LogP) is 16.1. The van der Waals surface area contributed by atoms with Crippen molar-refractivity contribution in [3.05, 3.63) is 242 Å². The highest BCUT2D eigenvalue weighted by atomic mass is 15.2. The van der Waals surface area contributed by atoms with Crippen molar-refractivity contribution in [1.29, 1.82) is 0 Å². The third-order valence-corrected chi connectivity index (χ3v) is 14.6. The normalized spacial score (nSPS) is 12.8. The van der Waals surface area contributed by atoms with E-state index in [-0.39, 0.29) is 17.5 Å². The Morgan fingerprint density at radius 1 is 0.310 bits per heavy atom. The van der Waals surface area contributed by atoms with Gasteiger partial charge in [0.25, 0.3) is 6.71 Å². The largest absolute Gasteiger partial charge is 0.311 e. The van der Waals surface area contributed by atoms with Crippen molar-refractivity contribution < 1.29 is 0 Å². The van der Waals surface area contributed by atoms with Crippen molar-refractivity contribution in [1.82, 2.24) is 4.98 Å². The Labute approximate surface area is 419 Å². The van der Waals surface area contributed by atoms with Crippen LogP contribution in [-0.4, -0.2) is 11.7 Å². The molecule has 0 saturated carbocycles. The standard InChI is InChI=1S/C67H56BN3/c1-66(2,3)53-31-37-61-57(43-53)68-58-44-54(67(4,5)6)32-38-62(58)71(56-35-29-49(30-36-56)46-21-13-8-14-22-46)64-42-52(41-63(65(64)68)70(61)55-33-27-48(28-34-55)45-19-11-7-12-20-45)60-40-51(47-23-15-9-16-24-47)39-59(69-60)50-25-17-10-18-26-50/h7-44H,1-6H3. The molecule has 1 aromatic heterocycles. The van der Waals surface area contributed by atoms with Crippen molar-refractivity contribution in [3.63, 3.8) is 0 Å². The Morgan fingerprint density at radius 2 is 0.662 bits per heavy atom. The number of rotatable bonds is 7. The summed E-state index contributed by atoms with van der Waals surface area (Å²) >= 11 is 0. The molecule has 4 heteroatoms. The van der Waals surface area contributed by atoms with Crippen LogP contribution in [0.5, 0.6) is 0 Å². The summed E-state index contributed by atoms with van der Waals surface area (Å²) in [6.07, 6.45) is 0. The predicted molar refractivity (Wildman–Crippen MR) is 303 cm³/mol. The maximum Gasteiger partial charge on any atom is 0.252 e. The summed E-state index contributed by atoms with van der Waals surface area (Å²) in [5, 5.41) is 0. The minimum atomic E-state index is -0.0622. The van der Waals surface area contributed by atoms with Gasteiger partial charge in [0.2, 0.25) is 0 Å². The van der Waals surface area contributed by atoms with E-state index in [9.17, 15) is 0 Å². The summed E-state index contributed by atoms with van der Waals surface area (Å²) in [6.45, 7) is 13.9. The van der Waals surface area contributed by atoms with Crippen molar-refractivity contribution in [2.45, 2.75) is 52.4 Å². The van der Waals surface area contributed by atoms with Crippen LogP contribution in [0.25, 0.3) is 55.9 Å². The summed E-state index contributed by atoms with van der Waals surface area (Å²) in [5.74, 6) is 0. The highest BCUT2D eigenvalue weighted by Gasteiger charge is 2.44. The minimum absolute atomic E-state index is 0.0492. The van der Waals surface area contributed by atoms with E-state index in [0.29, 0.717) is 0 Å². The monoisotopic (exact) mass is 913 g/mol. The van der Waals surface area contributed by atoms with E-state index in [2.05, 4.69) is 282 Å². The molecule has 0 saturated heterocycles. The lowest BCUT2D eigenvalue weighted by Crippen LogP contribution is -2.61. The molecule has 2 aliphatic rings. The topological polar surface area (TPSA) is 19.4 Å². The van der Waals surface area contributed by atoms with Crippen LogP contribution in [0.4, 0.5) is 34.1 Å². The zero-order valence-corrected chi connectivity index (χ0v) is 41.4. The molecule has 0 radical (unpaired) electrons. The fourth-order valence-electron chi connectivity index (χ4n) is 10.7. The van der Waals surface area contributed by atoms with E-state index in [0.717, 1.165) is 56.4 Å². The lowest BCUT2D eigenvalue weighted by molar-refractivity contribution is 0.590. The smallest absolute Gasteiger partial charge is 0.252 e. The average Bonchev–Trinajstić information content (AvgIpc) is 3.41. The molecule has 0 amide bonds. The van der Waals surface area contributed by atoms with Crippen LogP contribution in [0, 0.1) is 0 Å². The summed E-state index contributed by atoms with van der Waals surface area (Å²) in [6, 6.07) is 84.9. The molecule has 0 fully saturated rings. The van der Waals surface area contributed by atoms with Gasteiger partial charge in [-0.25, -0.2) is 4.98 Å². The molecule has 71 heavy (non-hydrogen) atoms. The third-order valence-electron chi connectivity index (χ3n) is 14.6. The number of aromatic nitrogens is 1. The molecule has 0 bridgehead atoms. The van der Waals surface area contributed by atoms with Gasteiger partial charge in [-0.1, -0.05) is 211 Å². The Morgan fingerprint density at radius 3 is 1.06 bits per heavy atom. The quantitative estimate of drug-likeness (QED) is 0.149. The molecule has 342 valence electrons. The molecule has 10 aromatic rings. The number of benzene rings is 9. The van der Waals surface area contributed by atoms with Gasteiger partial charge in [-0.05, 0) is 132 Å². The van der Waals surface area contributed by atoms with Crippen LogP contribution in [0.1, 0.15) is 52.7 Å². The van der Waals surface area contributed by atoms with E-state index in [4.69, 9.17) is 4.98 Å². The Balaban J connectivity index is 1.17. The van der Waals surface area contributed by atoms with E-state index in [1.54, 1.807) is 0 Å². The molecule has 0 atom stereocenters. The van der Waals surface area contributed by atoms with Crippen LogP contribution in [-0.2, 0) is 10.8 Å². The van der Waals surface area contributed by atoms with Gasteiger partial charge < -0.3 is 9.80 Å². The highest BCUT2D eigenvalue weighted by molar-refractivity contribution is 7.00. The minimum Gasteiger partial charge on any atom is -0.311 e. The van der Waals surface area contributed by atoms with E-state index in [1.165, 1.54) is 61.1 Å². The number of hydrogen-bond acceptors (Lipinski definition) is 3. The molecule has 0 N–H and O–H groups in total. The Bertz CT molecular complexity index is 3340. The summed E-state index contributed by atoms with van der Waals surface area (Å²) in [5.41, 5.74) is 24.4. The van der Waals surface area contributed by atoms with Crippen LogP contribution in [0.3, 0.4) is 0 Å². The van der Waals surface area contributed by atoms with Crippen LogP contribution in [0.2, 0.25) is 0 Å². The van der Waals surface area contributed by atoms with Gasteiger partial charge in [0.05, 0.1) is 11.4 Å². The molecule has 3 heterocycles. The summed E-state index contributed by atoms with van der Waals surface area (Å²) in [7, 11) is 0. The summed E-state index contributed by atoms with van der Waals surface area (Å²) in [4.78, 5) is 10.6. The first-order valence-electron chi connectivity index (χ1n) is 25.0. The molecule has 0 unspecified atom stereocenters. The Kier molecular flexibility index (Phi) is 10.7. The average molecular weight is 914 g/mol. The number of anilines is 6. The maximum absolute atomic E-state index is 5.58. The highest BCUT2D eigenvalue weighted by Crippen LogP contribution is 2.48. The molecule has 12 rings (SSSR count). The van der Waals surface area contributed by atoms with Gasteiger partial charge in [-0.15, -0.1) is 0 Å². The molecule has 3 nitrogen and oxygen atoms in total. The molecular formula is C67H56BN3. The first kappa shape index (κ1) is 44.0. The number of hydrogen-bond donors (Lipinski definition) is 0. The van der Waals surface area contributed by atoms with Crippen molar-refractivity contribution in [3.8, 4) is 55.9 Å². The van der Waals surface area contributed by atoms with Crippen LogP contribution >= 0.6 is 0 Å². The van der Waals surface area contributed by atoms with Crippen molar-refractivity contribution >= 4 is 57.2 Å². The zero-order valence-electron chi connectivity index (χ0n) is 41.4. The van der Waals surface area contributed by atoms with E-state index < -0.39 is 0 Å². The second-order valence-corrected chi connectivity index (χ2v) is 21.3.